The second-order valence-electron chi connectivity index (χ2n) is 6.24. The SMILES string of the molecule is CCC1CCC2(CC1)NC(=O)N(Cc1ccccc1)C2=O. The highest BCUT2D eigenvalue weighted by Crippen LogP contribution is 2.37. The first-order chi connectivity index (χ1) is 10.1. The van der Waals surface area contributed by atoms with E-state index in [2.05, 4.69) is 12.2 Å². The third-order valence-electron chi connectivity index (χ3n) is 4.97. The van der Waals surface area contributed by atoms with Gasteiger partial charge in [0.15, 0.2) is 0 Å². The van der Waals surface area contributed by atoms with Crippen LogP contribution >= 0.6 is 0 Å². The molecule has 2 aliphatic rings. The predicted molar refractivity (Wildman–Crippen MR) is 80.5 cm³/mol. The largest absolute Gasteiger partial charge is 0.325 e. The van der Waals surface area contributed by atoms with Crippen LogP contribution in [0.3, 0.4) is 0 Å². The van der Waals surface area contributed by atoms with Crippen molar-refractivity contribution in [2.45, 2.75) is 51.1 Å². The van der Waals surface area contributed by atoms with E-state index in [-0.39, 0.29) is 11.9 Å². The number of urea groups is 1. The van der Waals surface area contributed by atoms with Gasteiger partial charge in [0.25, 0.3) is 5.91 Å². The summed E-state index contributed by atoms with van der Waals surface area (Å²) < 4.78 is 0. The number of nitrogens with one attached hydrogen (secondary N) is 1. The Kier molecular flexibility index (Phi) is 3.70. The highest BCUT2D eigenvalue weighted by Gasteiger charge is 2.52. The van der Waals surface area contributed by atoms with E-state index in [9.17, 15) is 9.59 Å². The van der Waals surface area contributed by atoms with E-state index >= 15 is 0 Å². The molecule has 1 heterocycles. The number of benzene rings is 1. The molecular weight excluding hydrogens is 264 g/mol. The van der Waals surface area contributed by atoms with E-state index in [0.29, 0.717) is 12.5 Å². The zero-order chi connectivity index (χ0) is 14.9. The van der Waals surface area contributed by atoms with Crippen molar-refractivity contribution in [3.05, 3.63) is 35.9 Å². The summed E-state index contributed by atoms with van der Waals surface area (Å²) in [4.78, 5) is 26.3. The second kappa shape index (κ2) is 5.51. The fourth-order valence-corrected chi connectivity index (χ4v) is 3.50. The molecule has 0 radical (unpaired) electrons. The lowest BCUT2D eigenvalue weighted by molar-refractivity contribution is -0.133. The number of hydrogen-bond acceptors (Lipinski definition) is 2. The molecule has 0 atom stereocenters. The van der Waals surface area contributed by atoms with Crippen LogP contribution in [-0.2, 0) is 11.3 Å². The van der Waals surface area contributed by atoms with Gasteiger partial charge in [-0.1, -0.05) is 43.7 Å². The van der Waals surface area contributed by atoms with Gasteiger partial charge >= 0.3 is 6.03 Å². The number of amides is 3. The Balaban J connectivity index is 1.74. The van der Waals surface area contributed by atoms with E-state index in [1.54, 1.807) is 0 Å². The molecule has 4 nitrogen and oxygen atoms in total. The number of hydrogen-bond donors (Lipinski definition) is 1. The van der Waals surface area contributed by atoms with E-state index in [0.717, 1.165) is 37.7 Å². The standard InChI is InChI=1S/C17H22N2O2/c1-2-13-8-10-17(11-9-13)15(20)19(16(21)18-17)12-14-6-4-3-5-7-14/h3-7,13H,2,8-12H2,1H3,(H,18,21). The monoisotopic (exact) mass is 286 g/mol. The van der Waals surface area contributed by atoms with Crippen LogP contribution in [-0.4, -0.2) is 22.4 Å². The molecule has 112 valence electrons. The topological polar surface area (TPSA) is 49.4 Å². The van der Waals surface area contributed by atoms with Crippen LogP contribution in [0.4, 0.5) is 4.79 Å². The Bertz CT molecular complexity index is 533. The molecule has 21 heavy (non-hydrogen) atoms. The average Bonchev–Trinajstić information content (AvgIpc) is 2.74. The first-order valence-corrected chi connectivity index (χ1v) is 7.82. The van der Waals surface area contributed by atoms with Gasteiger partial charge in [-0.15, -0.1) is 0 Å². The molecule has 0 unspecified atom stereocenters. The molecule has 4 heteroatoms. The van der Waals surface area contributed by atoms with Gasteiger partial charge in [0.2, 0.25) is 0 Å². The molecule has 1 spiro atoms. The van der Waals surface area contributed by atoms with Crippen LogP contribution in [0.15, 0.2) is 30.3 Å². The number of rotatable bonds is 3. The molecule has 0 bridgehead atoms. The fourth-order valence-electron chi connectivity index (χ4n) is 3.50. The summed E-state index contributed by atoms with van der Waals surface area (Å²) in [5, 5.41) is 2.97. The van der Waals surface area contributed by atoms with Crippen LogP contribution in [0.25, 0.3) is 0 Å². The first-order valence-electron chi connectivity index (χ1n) is 7.82. The molecule has 1 aliphatic heterocycles. The minimum atomic E-state index is -0.627. The lowest BCUT2D eigenvalue weighted by atomic mass is 9.75. The summed E-state index contributed by atoms with van der Waals surface area (Å²) >= 11 is 0. The van der Waals surface area contributed by atoms with Crippen molar-refractivity contribution in [1.29, 1.82) is 0 Å². The Morgan fingerprint density at radius 3 is 2.48 bits per heavy atom. The minimum Gasteiger partial charge on any atom is -0.323 e. The van der Waals surface area contributed by atoms with Crippen LogP contribution in [0.1, 0.15) is 44.6 Å². The van der Waals surface area contributed by atoms with Gasteiger partial charge < -0.3 is 5.32 Å². The molecule has 1 aromatic rings. The molecule has 1 saturated carbocycles. The Morgan fingerprint density at radius 2 is 1.86 bits per heavy atom. The maximum absolute atomic E-state index is 12.7. The Labute approximate surface area is 125 Å². The number of carbonyl (C=O) groups excluding carboxylic acids is 2. The fraction of sp³-hybridized carbons (Fsp3) is 0.529. The molecule has 1 saturated heterocycles. The molecule has 1 aromatic carbocycles. The highest BCUT2D eigenvalue weighted by atomic mass is 16.2. The van der Waals surface area contributed by atoms with Gasteiger partial charge in [0, 0.05) is 0 Å². The summed E-state index contributed by atoms with van der Waals surface area (Å²) in [7, 11) is 0. The minimum absolute atomic E-state index is 0.0362. The van der Waals surface area contributed by atoms with Gasteiger partial charge in [0.1, 0.15) is 5.54 Å². The molecule has 2 fully saturated rings. The lowest BCUT2D eigenvalue weighted by Gasteiger charge is -2.34. The summed E-state index contributed by atoms with van der Waals surface area (Å²) in [6.07, 6.45) is 4.78. The third kappa shape index (κ3) is 2.55. The predicted octanol–water partition coefficient (Wildman–Crippen LogP) is 3.08. The molecule has 1 aliphatic carbocycles. The Morgan fingerprint density at radius 1 is 1.19 bits per heavy atom. The number of imide groups is 1. The third-order valence-corrected chi connectivity index (χ3v) is 4.97. The Hall–Kier alpha value is -1.84. The van der Waals surface area contributed by atoms with Gasteiger partial charge in [-0.2, -0.15) is 0 Å². The van der Waals surface area contributed by atoms with Crippen molar-refractivity contribution in [2.24, 2.45) is 5.92 Å². The van der Waals surface area contributed by atoms with E-state index < -0.39 is 5.54 Å². The number of carbonyl (C=O) groups is 2. The second-order valence-corrected chi connectivity index (χ2v) is 6.24. The van der Waals surface area contributed by atoms with Crippen molar-refractivity contribution in [3.63, 3.8) is 0 Å². The van der Waals surface area contributed by atoms with Gasteiger partial charge in [-0.25, -0.2) is 4.79 Å². The van der Waals surface area contributed by atoms with E-state index in [1.807, 2.05) is 30.3 Å². The molecule has 3 rings (SSSR count). The van der Waals surface area contributed by atoms with Crippen molar-refractivity contribution < 1.29 is 9.59 Å². The van der Waals surface area contributed by atoms with Crippen LogP contribution in [0, 0.1) is 5.92 Å². The van der Waals surface area contributed by atoms with Gasteiger partial charge in [-0.3, -0.25) is 9.69 Å². The molecule has 3 amide bonds. The van der Waals surface area contributed by atoms with Crippen molar-refractivity contribution >= 4 is 11.9 Å². The van der Waals surface area contributed by atoms with E-state index in [1.165, 1.54) is 4.90 Å². The van der Waals surface area contributed by atoms with Gasteiger partial charge in [-0.05, 0) is 37.2 Å². The summed E-state index contributed by atoms with van der Waals surface area (Å²) in [6, 6.07) is 9.44. The zero-order valence-corrected chi connectivity index (χ0v) is 12.5. The quantitative estimate of drug-likeness (QED) is 0.868. The summed E-state index contributed by atoms with van der Waals surface area (Å²) in [6.45, 7) is 2.56. The maximum Gasteiger partial charge on any atom is 0.325 e. The van der Waals surface area contributed by atoms with Gasteiger partial charge in [0.05, 0.1) is 6.54 Å². The lowest BCUT2D eigenvalue weighted by Crippen LogP contribution is -2.49. The zero-order valence-electron chi connectivity index (χ0n) is 12.5. The molecular formula is C17H22N2O2. The van der Waals surface area contributed by atoms with Crippen LogP contribution in [0.2, 0.25) is 0 Å². The van der Waals surface area contributed by atoms with Crippen LogP contribution < -0.4 is 5.32 Å². The number of nitrogens with zero attached hydrogens (tertiary/aromatic N) is 1. The molecule has 0 aromatic heterocycles. The first kappa shape index (κ1) is 14.1. The highest BCUT2D eigenvalue weighted by molar-refractivity contribution is 6.07. The average molecular weight is 286 g/mol. The van der Waals surface area contributed by atoms with Crippen molar-refractivity contribution in [3.8, 4) is 0 Å². The smallest absolute Gasteiger partial charge is 0.323 e. The normalized spacial score (nSPS) is 29.0. The van der Waals surface area contributed by atoms with Crippen LogP contribution in [0.5, 0.6) is 0 Å². The van der Waals surface area contributed by atoms with E-state index in [4.69, 9.17) is 0 Å². The summed E-state index contributed by atoms with van der Waals surface area (Å²) in [5.74, 6) is 0.661. The maximum atomic E-state index is 12.7. The summed E-state index contributed by atoms with van der Waals surface area (Å²) in [5.41, 5.74) is 0.359. The molecule has 1 N–H and O–H groups in total. The van der Waals surface area contributed by atoms with Crippen molar-refractivity contribution in [1.82, 2.24) is 10.2 Å². The van der Waals surface area contributed by atoms with Crippen molar-refractivity contribution in [2.75, 3.05) is 0 Å².